The van der Waals surface area contributed by atoms with Crippen LogP contribution in [0.1, 0.15) is 41.3 Å². The number of benzene rings is 1. The highest BCUT2D eigenvalue weighted by Crippen LogP contribution is 2.36. The Balaban J connectivity index is 3.21. The number of rotatable bonds is 9. The second kappa shape index (κ2) is 9.36. The van der Waals surface area contributed by atoms with Gasteiger partial charge in [-0.2, -0.15) is 0 Å². The predicted molar refractivity (Wildman–Crippen MR) is 97.0 cm³/mol. The lowest BCUT2D eigenvalue weighted by Crippen LogP contribution is -2.11. The largest absolute Gasteiger partial charge is 0.507 e. The van der Waals surface area contributed by atoms with Gasteiger partial charge in [0.15, 0.2) is 5.78 Å². The van der Waals surface area contributed by atoms with Crippen molar-refractivity contribution in [3.63, 3.8) is 0 Å². The normalized spacial score (nSPS) is 12.7. The number of ketones is 1. The van der Waals surface area contributed by atoms with E-state index in [0.29, 0.717) is 29.7 Å². The summed E-state index contributed by atoms with van der Waals surface area (Å²) in [5.41, 5.74) is 2.15. The van der Waals surface area contributed by atoms with Crippen LogP contribution >= 0.6 is 0 Å². The third kappa shape index (κ3) is 6.01. The Morgan fingerprint density at radius 3 is 2.48 bits per heavy atom. The van der Waals surface area contributed by atoms with Crippen molar-refractivity contribution in [2.45, 2.75) is 33.1 Å². The van der Waals surface area contributed by atoms with E-state index in [1.54, 1.807) is 6.92 Å². The van der Waals surface area contributed by atoms with Crippen molar-refractivity contribution in [3.8, 4) is 11.5 Å². The molecule has 6 nitrogen and oxygen atoms in total. The Morgan fingerprint density at radius 1 is 1.32 bits per heavy atom. The third-order valence-corrected chi connectivity index (χ3v) is 4.43. The zero-order valence-corrected chi connectivity index (χ0v) is 15.7. The Hall–Kier alpha value is -2.15. The fraction of sp³-hybridized carbons (Fsp3) is 0.444. The summed E-state index contributed by atoms with van der Waals surface area (Å²) in [6.07, 6.45) is 3.99. The maximum atomic E-state index is 12.2. The lowest BCUT2D eigenvalue weighted by molar-refractivity contribution is -0.136. The Bertz CT molecular complexity index is 721. The van der Waals surface area contributed by atoms with E-state index in [-0.39, 0.29) is 23.5 Å². The average Bonchev–Trinajstić information content (AvgIpc) is 2.52. The highest BCUT2D eigenvalue weighted by Gasteiger charge is 2.21. The fourth-order valence-corrected chi connectivity index (χ4v) is 3.01. The summed E-state index contributed by atoms with van der Waals surface area (Å²) >= 11 is 0. The van der Waals surface area contributed by atoms with Gasteiger partial charge in [0, 0.05) is 29.0 Å². The number of carboxylic acid groups (broad SMARTS) is 1. The highest BCUT2D eigenvalue weighted by atomic mass is 32.2. The first-order valence-electron chi connectivity index (χ1n) is 7.77. The molecular formula is C18H24O6S. The molecule has 0 saturated heterocycles. The number of aryl methyl sites for hydroxylation is 1. The number of aliphatic carboxylic acids is 1. The molecule has 0 radical (unpaired) electrons. The van der Waals surface area contributed by atoms with Crippen LogP contribution in [0.5, 0.6) is 11.5 Å². The first-order chi connectivity index (χ1) is 11.7. The molecule has 25 heavy (non-hydrogen) atoms. The van der Waals surface area contributed by atoms with Crippen LogP contribution in [-0.4, -0.2) is 45.3 Å². The van der Waals surface area contributed by atoms with Gasteiger partial charge in [0.2, 0.25) is 0 Å². The van der Waals surface area contributed by atoms with Crippen molar-refractivity contribution < 1.29 is 28.7 Å². The summed E-state index contributed by atoms with van der Waals surface area (Å²) in [4.78, 5) is 22.9. The lowest BCUT2D eigenvalue weighted by atomic mass is 9.97. The van der Waals surface area contributed by atoms with E-state index in [1.165, 1.54) is 19.4 Å². The van der Waals surface area contributed by atoms with E-state index >= 15 is 0 Å². The highest BCUT2D eigenvalue weighted by molar-refractivity contribution is 7.85. The van der Waals surface area contributed by atoms with Crippen LogP contribution in [0, 0.1) is 6.92 Å². The standard InChI is InChI=1S/C18H24O6S/c1-11(6-8-16(20)21)5-7-13-17(22)14(15(19)10-25(4)23)9-12(2)18(13)24-3/h5,9,22H,6-8,10H2,1-4H3,(H,20,21)/b11-5+. The SMILES string of the molecule is COc1c(C)cc(C(=O)CS(C)=O)c(O)c1C/C=C(\C)CCC(=O)O. The zero-order chi connectivity index (χ0) is 19.1. The summed E-state index contributed by atoms with van der Waals surface area (Å²) in [7, 11) is 0.178. The van der Waals surface area contributed by atoms with Crippen molar-refractivity contribution in [1.82, 2.24) is 0 Å². The van der Waals surface area contributed by atoms with Crippen LogP contribution in [0.2, 0.25) is 0 Å². The summed E-state index contributed by atoms with van der Waals surface area (Å²) in [6, 6.07) is 1.54. The van der Waals surface area contributed by atoms with Gasteiger partial charge in [-0.3, -0.25) is 13.8 Å². The van der Waals surface area contributed by atoms with Gasteiger partial charge in [0.1, 0.15) is 11.5 Å². The lowest BCUT2D eigenvalue weighted by Gasteiger charge is -2.15. The predicted octanol–water partition coefficient (Wildman–Crippen LogP) is 2.62. The van der Waals surface area contributed by atoms with E-state index in [2.05, 4.69) is 0 Å². The molecule has 0 spiro atoms. The number of ether oxygens (including phenoxy) is 1. The molecule has 0 bridgehead atoms. The smallest absolute Gasteiger partial charge is 0.303 e. The first kappa shape index (κ1) is 20.9. The van der Waals surface area contributed by atoms with Crippen molar-refractivity contribution in [2.75, 3.05) is 19.1 Å². The molecule has 1 rings (SSSR count). The molecule has 0 aliphatic heterocycles. The molecule has 138 valence electrons. The number of carboxylic acids is 1. The van der Waals surface area contributed by atoms with Crippen molar-refractivity contribution >= 4 is 22.6 Å². The molecule has 0 aliphatic rings. The maximum absolute atomic E-state index is 12.2. The van der Waals surface area contributed by atoms with Crippen molar-refractivity contribution in [3.05, 3.63) is 34.4 Å². The van der Waals surface area contributed by atoms with Crippen LogP contribution in [0.4, 0.5) is 0 Å². The Labute approximate surface area is 150 Å². The van der Waals surface area contributed by atoms with E-state index in [4.69, 9.17) is 9.84 Å². The van der Waals surface area contributed by atoms with E-state index in [1.807, 2.05) is 13.0 Å². The summed E-state index contributed by atoms with van der Waals surface area (Å²) < 4.78 is 16.6. The molecule has 0 aromatic heterocycles. The monoisotopic (exact) mass is 368 g/mol. The minimum Gasteiger partial charge on any atom is -0.507 e. The van der Waals surface area contributed by atoms with Gasteiger partial charge in [-0.15, -0.1) is 0 Å². The Morgan fingerprint density at radius 2 is 1.96 bits per heavy atom. The molecule has 0 saturated carbocycles. The van der Waals surface area contributed by atoms with Crippen LogP contribution in [0.3, 0.4) is 0 Å². The van der Waals surface area contributed by atoms with Gasteiger partial charge in [-0.25, -0.2) is 0 Å². The maximum Gasteiger partial charge on any atom is 0.303 e. The molecule has 1 unspecified atom stereocenters. The molecule has 1 aromatic rings. The van der Waals surface area contributed by atoms with Gasteiger partial charge in [0.25, 0.3) is 0 Å². The molecule has 0 amide bonds. The number of phenols is 1. The van der Waals surface area contributed by atoms with Gasteiger partial charge in [-0.1, -0.05) is 11.6 Å². The average molecular weight is 368 g/mol. The molecule has 7 heteroatoms. The minimum atomic E-state index is -1.30. The number of carbonyl (C=O) groups is 2. The molecule has 1 atom stereocenters. The molecule has 0 aliphatic carbocycles. The zero-order valence-electron chi connectivity index (χ0n) is 14.9. The van der Waals surface area contributed by atoms with Gasteiger partial charge in [0.05, 0.1) is 18.4 Å². The second-order valence-corrected chi connectivity index (χ2v) is 7.33. The molecule has 0 fully saturated rings. The van der Waals surface area contributed by atoms with Gasteiger partial charge >= 0.3 is 5.97 Å². The molecule has 2 N–H and O–H groups in total. The van der Waals surface area contributed by atoms with E-state index in [9.17, 15) is 18.9 Å². The van der Waals surface area contributed by atoms with Crippen LogP contribution in [0.25, 0.3) is 0 Å². The number of phenolic OH excluding ortho intramolecular Hbond substituents is 1. The van der Waals surface area contributed by atoms with Crippen LogP contribution < -0.4 is 4.74 Å². The quantitative estimate of drug-likeness (QED) is 0.513. The van der Waals surface area contributed by atoms with Gasteiger partial charge in [-0.05, 0) is 38.3 Å². The second-order valence-electron chi connectivity index (χ2n) is 5.89. The van der Waals surface area contributed by atoms with Crippen molar-refractivity contribution in [2.24, 2.45) is 0 Å². The summed E-state index contributed by atoms with van der Waals surface area (Å²) in [5, 5.41) is 19.2. The summed E-state index contributed by atoms with van der Waals surface area (Å²) in [5.74, 6) is -1.12. The number of allylic oxidation sites excluding steroid dienone is 2. The van der Waals surface area contributed by atoms with Crippen LogP contribution in [-0.2, 0) is 22.0 Å². The Kier molecular flexibility index (Phi) is 7.83. The van der Waals surface area contributed by atoms with Crippen LogP contribution in [0.15, 0.2) is 17.7 Å². The van der Waals surface area contributed by atoms with Gasteiger partial charge < -0.3 is 14.9 Å². The van der Waals surface area contributed by atoms with E-state index < -0.39 is 22.6 Å². The number of hydrogen-bond acceptors (Lipinski definition) is 5. The fourth-order valence-electron chi connectivity index (χ4n) is 2.49. The third-order valence-electron chi connectivity index (χ3n) is 3.76. The summed E-state index contributed by atoms with van der Waals surface area (Å²) in [6.45, 7) is 3.58. The number of methoxy groups -OCH3 is 1. The van der Waals surface area contributed by atoms with Crippen molar-refractivity contribution in [1.29, 1.82) is 0 Å². The number of carbonyl (C=O) groups excluding carboxylic acids is 1. The number of aromatic hydroxyl groups is 1. The molecular weight excluding hydrogens is 344 g/mol. The first-order valence-corrected chi connectivity index (χ1v) is 9.50. The minimum absolute atomic E-state index is 0.0331. The topological polar surface area (TPSA) is 101 Å². The number of hydrogen-bond donors (Lipinski definition) is 2. The van der Waals surface area contributed by atoms with E-state index in [0.717, 1.165) is 5.57 Å². The molecule has 0 heterocycles. The molecule has 1 aromatic carbocycles. The number of Topliss-reactive ketones (excluding diaryl/α,β-unsaturated/α-hetero) is 1.